The Labute approximate surface area is 169 Å². The number of hydrogen-bond donors (Lipinski definition) is 2. The molecule has 0 aliphatic carbocycles. The lowest BCUT2D eigenvalue weighted by molar-refractivity contribution is -0.137. The molecule has 0 aliphatic heterocycles. The van der Waals surface area contributed by atoms with Gasteiger partial charge in [0.05, 0.1) is 35.8 Å². The first kappa shape index (κ1) is 21.1. The van der Waals surface area contributed by atoms with Crippen LogP contribution in [0.3, 0.4) is 0 Å². The van der Waals surface area contributed by atoms with Crippen LogP contribution in [-0.4, -0.2) is 18.0 Å². The first-order chi connectivity index (χ1) is 14.2. The number of carbonyl (C=O) groups is 1. The number of methoxy groups -OCH3 is 1. The Morgan fingerprint density at radius 1 is 1.03 bits per heavy atom. The molecular weight excluding hydrogens is 402 g/mol. The number of benzene rings is 2. The van der Waals surface area contributed by atoms with Gasteiger partial charge in [0.2, 0.25) is 5.88 Å². The molecule has 0 fully saturated rings. The van der Waals surface area contributed by atoms with Crippen LogP contribution in [0.4, 0.5) is 34.6 Å². The van der Waals surface area contributed by atoms with Crippen molar-refractivity contribution in [1.29, 1.82) is 0 Å². The number of alkyl halides is 3. The van der Waals surface area contributed by atoms with Gasteiger partial charge in [-0.1, -0.05) is 0 Å². The van der Waals surface area contributed by atoms with E-state index in [0.717, 1.165) is 18.2 Å². The van der Waals surface area contributed by atoms with E-state index in [1.54, 1.807) is 6.92 Å². The van der Waals surface area contributed by atoms with E-state index in [4.69, 9.17) is 4.74 Å². The summed E-state index contributed by atoms with van der Waals surface area (Å²) in [5.41, 5.74) is 0.196. The number of ether oxygens (including phenoxy) is 1. The van der Waals surface area contributed by atoms with Crippen LogP contribution in [0.1, 0.15) is 21.5 Å². The molecule has 0 aliphatic rings. The average Bonchev–Trinajstić information content (AvgIpc) is 2.70. The fourth-order valence-corrected chi connectivity index (χ4v) is 2.70. The Bertz CT molecular complexity index is 1070. The van der Waals surface area contributed by atoms with Gasteiger partial charge in [-0.2, -0.15) is 13.2 Å². The minimum atomic E-state index is -4.62. The van der Waals surface area contributed by atoms with Gasteiger partial charge < -0.3 is 15.4 Å². The number of pyridine rings is 1. The summed E-state index contributed by atoms with van der Waals surface area (Å²) < 4.78 is 57.8. The number of carbonyl (C=O) groups excluding carboxylic acids is 1. The molecule has 1 amide bonds. The number of rotatable bonds is 5. The first-order valence-electron chi connectivity index (χ1n) is 8.73. The fourth-order valence-electron chi connectivity index (χ4n) is 2.70. The molecule has 0 spiro atoms. The van der Waals surface area contributed by atoms with Crippen LogP contribution in [0.15, 0.2) is 54.7 Å². The van der Waals surface area contributed by atoms with Crippen molar-refractivity contribution in [3.63, 3.8) is 0 Å². The molecular formula is C21H17F4N3O2. The third-order valence-corrected chi connectivity index (χ3v) is 4.25. The monoisotopic (exact) mass is 419 g/mol. The summed E-state index contributed by atoms with van der Waals surface area (Å²) in [5, 5.41) is 5.41. The molecule has 0 saturated heterocycles. The highest BCUT2D eigenvalue weighted by Gasteiger charge is 2.32. The Morgan fingerprint density at radius 3 is 2.37 bits per heavy atom. The van der Waals surface area contributed by atoms with Crippen LogP contribution in [0.25, 0.3) is 0 Å². The summed E-state index contributed by atoms with van der Waals surface area (Å²) in [6.07, 6.45) is -3.30. The van der Waals surface area contributed by atoms with Gasteiger partial charge in [0.15, 0.2) is 0 Å². The molecule has 2 aromatic carbocycles. The van der Waals surface area contributed by atoms with Crippen molar-refractivity contribution in [2.24, 2.45) is 0 Å². The second kappa shape index (κ2) is 8.40. The minimum absolute atomic E-state index is 0.136. The van der Waals surface area contributed by atoms with E-state index in [0.29, 0.717) is 17.1 Å². The molecule has 0 radical (unpaired) electrons. The van der Waals surface area contributed by atoms with Crippen molar-refractivity contribution >= 4 is 23.0 Å². The zero-order valence-corrected chi connectivity index (χ0v) is 16.0. The highest BCUT2D eigenvalue weighted by Crippen LogP contribution is 2.33. The smallest absolute Gasteiger partial charge is 0.416 e. The predicted molar refractivity (Wildman–Crippen MR) is 105 cm³/mol. The van der Waals surface area contributed by atoms with Crippen molar-refractivity contribution in [2.75, 3.05) is 17.7 Å². The Kier molecular flexibility index (Phi) is 5.91. The lowest BCUT2D eigenvalue weighted by Crippen LogP contribution is -2.16. The molecule has 3 rings (SSSR count). The molecule has 5 nitrogen and oxygen atoms in total. The number of nitrogens with one attached hydrogen (secondary N) is 2. The second-order valence-electron chi connectivity index (χ2n) is 6.39. The van der Waals surface area contributed by atoms with Gasteiger partial charge in [-0.25, -0.2) is 9.37 Å². The number of amides is 1. The van der Waals surface area contributed by atoms with Gasteiger partial charge in [-0.05, 0) is 55.0 Å². The summed E-state index contributed by atoms with van der Waals surface area (Å²) in [7, 11) is 1.43. The molecule has 9 heteroatoms. The van der Waals surface area contributed by atoms with Crippen molar-refractivity contribution in [2.45, 2.75) is 13.1 Å². The SMILES string of the molecule is COc1ccc(NC(=O)c2cc(C(F)(F)F)ccc2Nc2ccc(F)cc2C)cn1. The summed E-state index contributed by atoms with van der Waals surface area (Å²) in [6.45, 7) is 1.64. The molecule has 2 N–H and O–H groups in total. The molecule has 156 valence electrons. The zero-order valence-electron chi connectivity index (χ0n) is 16.0. The Morgan fingerprint density at radius 2 is 1.77 bits per heavy atom. The number of aryl methyl sites for hydroxylation is 1. The third-order valence-electron chi connectivity index (χ3n) is 4.25. The second-order valence-corrected chi connectivity index (χ2v) is 6.39. The molecule has 0 atom stereocenters. The van der Waals surface area contributed by atoms with E-state index in [2.05, 4.69) is 15.6 Å². The highest BCUT2D eigenvalue weighted by molar-refractivity contribution is 6.08. The predicted octanol–water partition coefficient (Wildman–Crippen LogP) is 5.55. The normalized spacial score (nSPS) is 11.1. The number of anilines is 3. The Hall–Kier alpha value is -3.62. The van der Waals surface area contributed by atoms with Gasteiger partial charge >= 0.3 is 6.18 Å². The van der Waals surface area contributed by atoms with Crippen LogP contribution >= 0.6 is 0 Å². The maximum Gasteiger partial charge on any atom is 0.416 e. The summed E-state index contributed by atoms with van der Waals surface area (Å²) in [6, 6.07) is 9.72. The molecule has 1 heterocycles. The van der Waals surface area contributed by atoms with Gasteiger partial charge in [0, 0.05) is 11.8 Å². The molecule has 0 unspecified atom stereocenters. The first-order valence-corrected chi connectivity index (χ1v) is 8.73. The van der Waals surface area contributed by atoms with Gasteiger partial charge in [0.25, 0.3) is 5.91 Å². The van der Waals surface area contributed by atoms with Gasteiger partial charge in [0.1, 0.15) is 5.82 Å². The fraction of sp³-hybridized carbons (Fsp3) is 0.143. The molecule has 3 aromatic rings. The Balaban J connectivity index is 1.96. The maximum atomic E-state index is 13.3. The van der Waals surface area contributed by atoms with E-state index in [1.165, 1.54) is 43.6 Å². The number of hydrogen-bond acceptors (Lipinski definition) is 4. The standard InChI is InChI=1S/C21H17F4N3O2/c1-12-9-14(22)4-7-17(12)28-18-6-3-13(21(23,24)25)10-16(18)20(29)27-15-5-8-19(30-2)26-11-15/h3-11,28H,1-2H3,(H,27,29). The zero-order chi connectivity index (χ0) is 21.9. The highest BCUT2D eigenvalue weighted by atomic mass is 19.4. The van der Waals surface area contributed by atoms with E-state index >= 15 is 0 Å². The molecule has 0 saturated carbocycles. The number of halogens is 4. The van der Waals surface area contributed by atoms with E-state index in [-0.39, 0.29) is 16.9 Å². The van der Waals surface area contributed by atoms with Crippen molar-refractivity contribution < 1.29 is 27.1 Å². The summed E-state index contributed by atoms with van der Waals surface area (Å²) in [4.78, 5) is 16.7. The molecule has 0 bridgehead atoms. The lowest BCUT2D eigenvalue weighted by atomic mass is 10.1. The summed E-state index contributed by atoms with van der Waals surface area (Å²) >= 11 is 0. The van der Waals surface area contributed by atoms with Crippen LogP contribution in [-0.2, 0) is 6.18 Å². The van der Waals surface area contributed by atoms with E-state index in [9.17, 15) is 22.4 Å². The van der Waals surface area contributed by atoms with Gasteiger partial charge in [-0.15, -0.1) is 0 Å². The molecule has 30 heavy (non-hydrogen) atoms. The van der Waals surface area contributed by atoms with Crippen LogP contribution < -0.4 is 15.4 Å². The van der Waals surface area contributed by atoms with E-state index < -0.39 is 23.5 Å². The average molecular weight is 419 g/mol. The topological polar surface area (TPSA) is 63.2 Å². The quantitative estimate of drug-likeness (QED) is 0.532. The number of nitrogens with zero attached hydrogens (tertiary/aromatic N) is 1. The van der Waals surface area contributed by atoms with Crippen molar-refractivity contribution in [3.05, 3.63) is 77.2 Å². The third kappa shape index (κ3) is 4.86. The maximum absolute atomic E-state index is 13.3. The summed E-state index contributed by atoms with van der Waals surface area (Å²) in [5.74, 6) is -0.896. The minimum Gasteiger partial charge on any atom is -0.481 e. The van der Waals surface area contributed by atoms with Gasteiger partial charge in [-0.3, -0.25) is 4.79 Å². The van der Waals surface area contributed by atoms with Crippen LogP contribution in [0.2, 0.25) is 0 Å². The van der Waals surface area contributed by atoms with Crippen LogP contribution in [0.5, 0.6) is 5.88 Å². The van der Waals surface area contributed by atoms with Crippen molar-refractivity contribution in [1.82, 2.24) is 4.98 Å². The number of aromatic nitrogens is 1. The largest absolute Gasteiger partial charge is 0.481 e. The molecule has 1 aromatic heterocycles. The van der Waals surface area contributed by atoms with Crippen LogP contribution in [0, 0.1) is 12.7 Å². The van der Waals surface area contributed by atoms with E-state index in [1.807, 2.05) is 0 Å². The van der Waals surface area contributed by atoms with Crippen molar-refractivity contribution in [3.8, 4) is 5.88 Å². The lowest BCUT2D eigenvalue weighted by Gasteiger charge is -2.16.